The molecule has 0 radical (unpaired) electrons. The van der Waals surface area contributed by atoms with E-state index in [1.165, 1.54) is 0 Å². The predicted molar refractivity (Wildman–Crippen MR) is 53.5 cm³/mol. The number of amides is 1. The summed E-state index contributed by atoms with van der Waals surface area (Å²) in [5.74, 6) is 0.187. The monoisotopic (exact) mass is 253 g/mol. The fraction of sp³-hybridized carbons (Fsp3) is 0.400. The molecule has 2 saturated heterocycles. The van der Waals surface area contributed by atoms with Crippen LogP contribution in [0.3, 0.4) is 0 Å². The molecule has 0 bridgehead atoms. The van der Waals surface area contributed by atoms with Crippen LogP contribution in [0, 0.1) is 5.92 Å². The van der Waals surface area contributed by atoms with Gasteiger partial charge >= 0.3 is 0 Å². The molecule has 72 valence electrons. The van der Waals surface area contributed by atoms with Crippen molar-refractivity contribution in [1.29, 1.82) is 0 Å². The second-order valence-corrected chi connectivity index (χ2v) is 4.04. The standard InChI is InChI=1S/C10H8BrNO2/c11-5-12-9(13)7-4-2-1-3-6(7)8-10(12)14-8/h2-4,6,8,10H,5H2. The largest absolute Gasteiger partial charge is 0.346 e. The first-order valence-corrected chi connectivity index (χ1v) is 5.60. The van der Waals surface area contributed by atoms with Crippen molar-refractivity contribution >= 4 is 21.8 Å². The third kappa shape index (κ3) is 0.989. The SMILES string of the molecule is O=C1C2=CC=C=CC2C2OC2N1CBr. The highest BCUT2D eigenvalue weighted by Crippen LogP contribution is 2.43. The van der Waals surface area contributed by atoms with E-state index in [0.717, 1.165) is 5.57 Å². The fourth-order valence-electron chi connectivity index (χ4n) is 2.02. The molecule has 2 aliphatic heterocycles. The first kappa shape index (κ1) is 8.48. The molecular formula is C10H8BrNO2. The minimum atomic E-state index is -0.0276. The van der Waals surface area contributed by atoms with E-state index in [4.69, 9.17) is 4.74 Å². The Morgan fingerprint density at radius 1 is 1.64 bits per heavy atom. The summed E-state index contributed by atoms with van der Waals surface area (Å²) in [6.45, 7) is 0. The molecule has 0 N–H and O–H groups in total. The molecule has 3 unspecified atom stereocenters. The van der Waals surface area contributed by atoms with E-state index in [1.807, 2.05) is 12.2 Å². The number of halogens is 1. The summed E-state index contributed by atoms with van der Waals surface area (Å²) in [5.41, 5.74) is 4.36. The Kier molecular flexibility index (Phi) is 1.71. The summed E-state index contributed by atoms with van der Waals surface area (Å²) < 4.78 is 5.47. The number of rotatable bonds is 1. The zero-order chi connectivity index (χ0) is 9.71. The average molecular weight is 254 g/mol. The van der Waals surface area contributed by atoms with Gasteiger partial charge in [0.1, 0.15) is 6.10 Å². The van der Waals surface area contributed by atoms with Crippen LogP contribution < -0.4 is 0 Å². The number of ether oxygens (including phenoxy) is 1. The van der Waals surface area contributed by atoms with Gasteiger partial charge in [-0.2, -0.15) is 0 Å². The van der Waals surface area contributed by atoms with Crippen molar-refractivity contribution in [2.45, 2.75) is 12.3 Å². The molecule has 0 saturated carbocycles. The lowest BCUT2D eigenvalue weighted by Gasteiger charge is -2.27. The van der Waals surface area contributed by atoms with E-state index in [2.05, 4.69) is 21.7 Å². The molecule has 3 aliphatic rings. The van der Waals surface area contributed by atoms with Gasteiger partial charge in [0.25, 0.3) is 5.91 Å². The number of nitrogens with zero attached hydrogens (tertiary/aromatic N) is 1. The van der Waals surface area contributed by atoms with Gasteiger partial charge in [-0.1, -0.05) is 15.9 Å². The first-order chi connectivity index (χ1) is 6.83. The van der Waals surface area contributed by atoms with Crippen molar-refractivity contribution in [1.82, 2.24) is 4.90 Å². The van der Waals surface area contributed by atoms with Gasteiger partial charge in [0.2, 0.25) is 0 Å². The lowest BCUT2D eigenvalue weighted by molar-refractivity contribution is -0.129. The van der Waals surface area contributed by atoms with Crippen molar-refractivity contribution < 1.29 is 9.53 Å². The Hall–Kier alpha value is -0.830. The van der Waals surface area contributed by atoms with Crippen molar-refractivity contribution in [2.24, 2.45) is 5.92 Å². The summed E-state index contributed by atoms with van der Waals surface area (Å²) in [6, 6.07) is 0. The average Bonchev–Trinajstić information content (AvgIpc) is 2.99. The van der Waals surface area contributed by atoms with Crippen LogP contribution in [0.15, 0.2) is 29.5 Å². The highest BCUT2D eigenvalue weighted by atomic mass is 79.9. The van der Waals surface area contributed by atoms with Crippen LogP contribution in [0.2, 0.25) is 0 Å². The molecule has 0 spiro atoms. The Bertz CT molecular complexity index is 395. The van der Waals surface area contributed by atoms with E-state index in [-0.39, 0.29) is 24.2 Å². The second-order valence-electron chi connectivity index (χ2n) is 3.53. The molecule has 3 nitrogen and oxygen atoms in total. The van der Waals surface area contributed by atoms with Crippen LogP contribution >= 0.6 is 15.9 Å². The van der Waals surface area contributed by atoms with Crippen LogP contribution in [0.1, 0.15) is 0 Å². The summed E-state index contributed by atoms with van der Waals surface area (Å²) >= 11 is 3.30. The van der Waals surface area contributed by atoms with Gasteiger partial charge in [0, 0.05) is 11.5 Å². The van der Waals surface area contributed by atoms with Gasteiger partial charge in [0.05, 0.1) is 5.45 Å². The van der Waals surface area contributed by atoms with E-state index < -0.39 is 0 Å². The zero-order valence-corrected chi connectivity index (χ0v) is 8.90. The third-order valence-corrected chi connectivity index (χ3v) is 3.33. The Morgan fingerprint density at radius 2 is 2.50 bits per heavy atom. The molecule has 14 heavy (non-hydrogen) atoms. The summed E-state index contributed by atoms with van der Waals surface area (Å²) in [4.78, 5) is 13.6. The minimum Gasteiger partial charge on any atom is -0.346 e. The fourth-order valence-corrected chi connectivity index (χ4v) is 2.53. The van der Waals surface area contributed by atoms with Crippen LogP contribution in [0.5, 0.6) is 0 Å². The summed E-state index contributed by atoms with van der Waals surface area (Å²) in [7, 11) is 0. The second kappa shape index (κ2) is 2.83. The molecule has 0 aromatic rings. The maximum absolute atomic E-state index is 11.9. The van der Waals surface area contributed by atoms with Gasteiger partial charge in [0.15, 0.2) is 6.23 Å². The molecule has 3 atom stereocenters. The highest BCUT2D eigenvalue weighted by molar-refractivity contribution is 9.09. The van der Waals surface area contributed by atoms with E-state index in [0.29, 0.717) is 5.45 Å². The zero-order valence-electron chi connectivity index (χ0n) is 7.31. The number of alkyl halides is 1. The van der Waals surface area contributed by atoms with Crippen LogP contribution in [-0.4, -0.2) is 28.6 Å². The smallest absolute Gasteiger partial charge is 0.253 e. The van der Waals surface area contributed by atoms with Crippen molar-refractivity contribution in [3.05, 3.63) is 29.5 Å². The van der Waals surface area contributed by atoms with Crippen LogP contribution in [0.4, 0.5) is 0 Å². The number of likely N-dealkylation sites (tertiary alicyclic amines) is 1. The molecular weight excluding hydrogens is 246 g/mol. The molecule has 4 heteroatoms. The first-order valence-electron chi connectivity index (χ1n) is 4.48. The van der Waals surface area contributed by atoms with E-state index in [1.54, 1.807) is 11.0 Å². The predicted octanol–water partition coefficient (Wildman–Crippen LogP) is 1.17. The molecule has 1 aliphatic carbocycles. The van der Waals surface area contributed by atoms with Crippen molar-refractivity contribution in [3.8, 4) is 0 Å². The number of allylic oxidation sites excluding steroid dienone is 1. The quantitative estimate of drug-likeness (QED) is 0.304. The van der Waals surface area contributed by atoms with Crippen molar-refractivity contribution in [2.75, 3.05) is 5.45 Å². The molecule has 0 aromatic heterocycles. The Morgan fingerprint density at radius 3 is 3.29 bits per heavy atom. The molecule has 3 rings (SSSR count). The normalized spacial score (nSPS) is 37.8. The number of carbonyl (C=O) groups excluding carboxylic acids is 1. The molecule has 0 aromatic carbocycles. The lowest BCUT2D eigenvalue weighted by Crippen LogP contribution is -2.42. The highest BCUT2D eigenvalue weighted by Gasteiger charge is 2.56. The number of fused-ring (bicyclic) bond motifs is 3. The number of piperidine rings is 1. The number of carbonyl (C=O) groups is 1. The number of hydrogen-bond acceptors (Lipinski definition) is 2. The van der Waals surface area contributed by atoms with Gasteiger partial charge in [-0.3, -0.25) is 4.79 Å². The summed E-state index contributed by atoms with van der Waals surface area (Å²) in [5, 5.41) is 0. The van der Waals surface area contributed by atoms with Crippen LogP contribution in [-0.2, 0) is 9.53 Å². The number of hydrogen-bond donors (Lipinski definition) is 0. The van der Waals surface area contributed by atoms with Gasteiger partial charge in [-0.25, -0.2) is 0 Å². The summed E-state index contributed by atoms with van der Waals surface area (Å²) in [6.07, 6.45) is 5.65. The molecule has 1 amide bonds. The van der Waals surface area contributed by atoms with Gasteiger partial charge in [-0.15, -0.1) is 5.73 Å². The van der Waals surface area contributed by atoms with Gasteiger partial charge in [-0.05, 0) is 18.2 Å². The van der Waals surface area contributed by atoms with Gasteiger partial charge < -0.3 is 9.64 Å². The topological polar surface area (TPSA) is 32.8 Å². The number of epoxide rings is 1. The Labute approximate surface area is 89.8 Å². The molecule has 2 fully saturated rings. The lowest BCUT2D eigenvalue weighted by atomic mass is 9.88. The van der Waals surface area contributed by atoms with E-state index >= 15 is 0 Å². The maximum atomic E-state index is 11.9. The maximum Gasteiger partial charge on any atom is 0.253 e. The van der Waals surface area contributed by atoms with E-state index in [9.17, 15) is 4.79 Å². The Balaban J connectivity index is 2.01. The van der Waals surface area contributed by atoms with Crippen molar-refractivity contribution in [3.63, 3.8) is 0 Å². The minimum absolute atomic E-state index is 0.0276. The van der Waals surface area contributed by atoms with Crippen LogP contribution in [0.25, 0.3) is 0 Å². The third-order valence-electron chi connectivity index (χ3n) is 2.79. The molecule has 2 heterocycles.